The molecule has 9 heteroatoms. The maximum absolute atomic E-state index is 14.9. The fraction of sp³-hybridized carbons (Fsp3) is 0.350. The molecule has 0 aliphatic carbocycles. The molecule has 2 fully saturated rings. The van der Waals surface area contributed by atoms with Crippen LogP contribution in [0, 0.1) is 17.7 Å². The summed E-state index contributed by atoms with van der Waals surface area (Å²) in [4.78, 5) is 19.9. The third kappa shape index (κ3) is 3.57. The quantitative estimate of drug-likeness (QED) is 0.751. The molecule has 1 aromatic carbocycles. The van der Waals surface area contributed by atoms with Gasteiger partial charge in [-0.3, -0.25) is 9.89 Å². The van der Waals surface area contributed by atoms with Gasteiger partial charge in [0.15, 0.2) is 6.10 Å². The van der Waals surface area contributed by atoms with E-state index in [1.54, 1.807) is 24.4 Å². The zero-order chi connectivity index (χ0) is 19.8. The van der Waals surface area contributed by atoms with E-state index < -0.39 is 12.2 Å². The van der Waals surface area contributed by atoms with E-state index in [1.165, 1.54) is 22.5 Å². The minimum Gasteiger partial charge on any atom is -0.473 e. The average molecular weight is 414 g/mol. The Bertz CT molecular complexity index is 945. The molecule has 0 radical (unpaired) electrons. The molecule has 3 aliphatic rings. The highest BCUT2D eigenvalue weighted by Crippen LogP contribution is 2.33. The summed E-state index contributed by atoms with van der Waals surface area (Å²) in [7, 11) is 0. The van der Waals surface area contributed by atoms with Crippen molar-refractivity contribution in [1.82, 2.24) is 4.37 Å². The molecule has 0 bridgehead atoms. The largest absolute Gasteiger partial charge is 0.473 e. The zero-order valence-electron chi connectivity index (χ0n) is 15.5. The Labute approximate surface area is 171 Å². The van der Waals surface area contributed by atoms with Crippen LogP contribution in [0.3, 0.4) is 0 Å². The summed E-state index contributed by atoms with van der Waals surface area (Å²) in [5, 5.41) is 1.81. The lowest BCUT2D eigenvalue weighted by Crippen LogP contribution is -2.27. The second-order valence-corrected chi connectivity index (χ2v) is 7.94. The Balaban J connectivity index is 1.26. The van der Waals surface area contributed by atoms with E-state index in [-0.39, 0.29) is 12.4 Å². The number of anilines is 2. The van der Waals surface area contributed by atoms with Crippen molar-refractivity contribution in [2.24, 2.45) is 16.8 Å². The van der Waals surface area contributed by atoms with Crippen molar-refractivity contribution < 1.29 is 18.7 Å². The molecule has 5 rings (SSSR count). The molecule has 3 aliphatic heterocycles. The van der Waals surface area contributed by atoms with Gasteiger partial charge in [0.1, 0.15) is 12.4 Å². The first-order chi connectivity index (χ1) is 14.2. The Kier molecular flexibility index (Phi) is 4.67. The van der Waals surface area contributed by atoms with Crippen LogP contribution in [0.1, 0.15) is 0 Å². The lowest BCUT2D eigenvalue weighted by molar-refractivity contribution is 0.104. The highest BCUT2D eigenvalue weighted by atomic mass is 32.1. The van der Waals surface area contributed by atoms with E-state index >= 15 is 0 Å². The number of benzene rings is 1. The molecule has 7 nitrogen and oxygen atoms in total. The smallest absolute Gasteiger partial charge is 0.414 e. The van der Waals surface area contributed by atoms with E-state index in [2.05, 4.69) is 15.4 Å². The molecular formula is C20H19FN4O3S. The lowest BCUT2D eigenvalue weighted by atomic mass is 9.96. The number of rotatable bonds is 5. The van der Waals surface area contributed by atoms with Crippen LogP contribution in [0.2, 0.25) is 0 Å². The van der Waals surface area contributed by atoms with Gasteiger partial charge in [0.25, 0.3) is 0 Å². The van der Waals surface area contributed by atoms with Crippen molar-refractivity contribution in [2.45, 2.75) is 6.10 Å². The normalized spacial score (nSPS) is 25.4. The molecule has 0 saturated carbocycles. The number of ether oxygens (including phenoxy) is 2. The summed E-state index contributed by atoms with van der Waals surface area (Å²) in [6, 6.07) is 6.64. The first-order valence-corrected chi connectivity index (χ1v) is 10.3. The number of cyclic esters (lactones) is 1. The summed E-state index contributed by atoms with van der Waals surface area (Å²) < 4.78 is 29.8. The summed E-state index contributed by atoms with van der Waals surface area (Å²) in [6.07, 6.45) is 4.88. The second kappa shape index (κ2) is 7.47. The number of hydrogen-bond acceptors (Lipinski definition) is 7. The molecule has 2 unspecified atom stereocenters. The minimum atomic E-state index is -0.502. The van der Waals surface area contributed by atoms with E-state index in [4.69, 9.17) is 9.47 Å². The van der Waals surface area contributed by atoms with Gasteiger partial charge in [-0.1, -0.05) is 6.08 Å². The Morgan fingerprint density at radius 2 is 2.14 bits per heavy atom. The molecule has 4 heterocycles. The predicted octanol–water partition coefficient (Wildman–Crippen LogP) is 3.34. The molecule has 1 aromatic heterocycles. The zero-order valence-corrected chi connectivity index (χ0v) is 16.3. The van der Waals surface area contributed by atoms with Crippen molar-refractivity contribution >= 4 is 35.2 Å². The van der Waals surface area contributed by atoms with Crippen LogP contribution in [0.25, 0.3) is 0 Å². The number of hydrogen-bond donors (Lipinski definition) is 0. The summed E-state index contributed by atoms with van der Waals surface area (Å²) in [6.45, 7) is 2.00. The average Bonchev–Trinajstić information content (AvgIpc) is 3.45. The first kappa shape index (κ1) is 18.1. The molecule has 2 saturated heterocycles. The summed E-state index contributed by atoms with van der Waals surface area (Å²) in [5.74, 6) is 0.827. The van der Waals surface area contributed by atoms with Crippen LogP contribution in [0.5, 0.6) is 5.88 Å². The van der Waals surface area contributed by atoms with Gasteiger partial charge in [-0.15, -0.1) is 0 Å². The van der Waals surface area contributed by atoms with Gasteiger partial charge in [0, 0.05) is 48.8 Å². The van der Waals surface area contributed by atoms with Crippen LogP contribution < -0.4 is 14.5 Å². The SMILES string of the molecule is O=C1O[C@@H](COc2ccsn2)CN1c1ccc(N2CC3C=CN=CC3C2)c(F)c1. The molecule has 0 spiro atoms. The topological polar surface area (TPSA) is 67.3 Å². The second-order valence-electron chi connectivity index (χ2n) is 7.27. The maximum Gasteiger partial charge on any atom is 0.414 e. The van der Waals surface area contributed by atoms with Crippen LogP contribution >= 0.6 is 11.5 Å². The lowest BCUT2D eigenvalue weighted by Gasteiger charge is -2.21. The number of nitrogens with zero attached hydrogens (tertiary/aromatic N) is 4. The molecule has 1 amide bonds. The highest BCUT2D eigenvalue weighted by molar-refractivity contribution is 7.03. The molecule has 150 valence electrons. The van der Waals surface area contributed by atoms with Gasteiger partial charge in [-0.25, -0.2) is 9.18 Å². The summed E-state index contributed by atoms with van der Waals surface area (Å²) >= 11 is 1.29. The fourth-order valence-corrected chi connectivity index (χ4v) is 4.38. The van der Waals surface area contributed by atoms with Gasteiger partial charge in [-0.2, -0.15) is 4.37 Å². The molecule has 2 aromatic rings. The number of aliphatic imine (C=N–C) groups is 1. The Morgan fingerprint density at radius 1 is 1.24 bits per heavy atom. The number of fused-ring (bicyclic) bond motifs is 1. The van der Waals surface area contributed by atoms with E-state index in [0.717, 1.165) is 13.1 Å². The third-order valence-corrected chi connectivity index (χ3v) is 5.94. The molecule has 29 heavy (non-hydrogen) atoms. The first-order valence-electron chi connectivity index (χ1n) is 9.43. The Morgan fingerprint density at radius 3 is 2.93 bits per heavy atom. The molecule has 0 N–H and O–H groups in total. The number of carbonyl (C=O) groups is 1. The highest BCUT2D eigenvalue weighted by Gasteiger charge is 2.35. The number of aromatic nitrogens is 1. The number of amides is 1. The Hall–Kier alpha value is -2.94. The van der Waals surface area contributed by atoms with Gasteiger partial charge >= 0.3 is 6.09 Å². The van der Waals surface area contributed by atoms with Crippen molar-refractivity contribution in [3.8, 4) is 5.88 Å². The predicted molar refractivity (Wildman–Crippen MR) is 108 cm³/mol. The third-order valence-electron chi connectivity index (χ3n) is 5.40. The number of halogens is 1. The van der Waals surface area contributed by atoms with Crippen molar-refractivity contribution in [3.05, 3.63) is 47.7 Å². The molecule has 3 atom stereocenters. The maximum atomic E-state index is 14.9. The standard InChI is InChI=1S/C20H19FN4O3S/c21-17-7-15(1-2-18(17)24-9-13-3-5-22-8-14(13)10-24)25-11-16(28-20(25)26)12-27-19-4-6-29-23-19/h1-8,13-14,16H,9-12H2/t13?,14?,16-/m1/s1. The van der Waals surface area contributed by atoms with Gasteiger partial charge in [0.05, 0.1) is 17.9 Å². The van der Waals surface area contributed by atoms with E-state index in [0.29, 0.717) is 35.6 Å². The van der Waals surface area contributed by atoms with Crippen molar-refractivity contribution in [2.75, 3.05) is 36.0 Å². The fourth-order valence-electron chi connectivity index (χ4n) is 3.93. The van der Waals surface area contributed by atoms with Gasteiger partial charge in [0.2, 0.25) is 5.88 Å². The van der Waals surface area contributed by atoms with Gasteiger partial charge < -0.3 is 14.4 Å². The van der Waals surface area contributed by atoms with Crippen LogP contribution in [-0.4, -0.2) is 49.0 Å². The van der Waals surface area contributed by atoms with Crippen LogP contribution in [-0.2, 0) is 4.74 Å². The molecular weight excluding hydrogens is 395 g/mol. The van der Waals surface area contributed by atoms with Crippen LogP contribution in [0.4, 0.5) is 20.6 Å². The summed E-state index contributed by atoms with van der Waals surface area (Å²) in [5.41, 5.74) is 1.02. The van der Waals surface area contributed by atoms with E-state index in [1.807, 2.05) is 16.5 Å². The van der Waals surface area contributed by atoms with Crippen molar-refractivity contribution in [3.63, 3.8) is 0 Å². The van der Waals surface area contributed by atoms with E-state index in [9.17, 15) is 9.18 Å². The van der Waals surface area contributed by atoms with Crippen LogP contribution in [0.15, 0.2) is 46.9 Å². The monoisotopic (exact) mass is 414 g/mol. The van der Waals surface area contributed by atoms with Crippen molar-refractivity contribution in [1.29, 1.82) is 0 Å². The van der Waals surface area contributed by atoms with Gasteiger partial charge in [-0.05, 0) is 29.7 Å². The minimum absolute atomic E-state index is 0.207. The number of carbonyl (C=O) groups excluding carboxylic acids is 1.